The molecule has 1 N–H and O–H groups in total. The molecule has 0 saturated heterocycles. The van der Waals surface area contributed by atoms with Crippen molar-refractivity contribution in [1.29, 1.82) is 0 Å². The molecular weight excluding hydrogens is 350 g/mol. The van der Waals surface area contributed by atoms with Crippen LogP contribution in [0.25, 0.3) is 0 Å². The Morgan fingerprint density at radius 2 is 1.46 bits per heavy atom. The number of hydrogen-bond acceptors (Lipinski definition) is 4. The van der Waals surface area contributed by atoms with E-state index in [0.29, 0.717) is 6.61 Å². The Hall–Kier alpha value is -2.17. The molecule has 28 heavy (non-hydrogen) atoms. The molecule has 2 aromatic carbocycles. The van der Waals surface area contributed by atoms with Gasteiger partial charge < -0.3 is 9.84 Å². The van der Waals surface area contributed by atoms with Crippen LogP contribution in [0.1, 0.15) is 44.7 Å². The van der Waals surface area contributed by atoms with Crippen molar-refractivity contribution in [3.05, 3.63) is 71.8 Å². The van der Waals surface area contributed by atoms with Crippen molar-refractivity contribution < 1.29 is 14.6 Å². The minimum atomic E-state index is -0.483. The number of benzene rings is 2. The number of rotatable bonds is 10. The Kier molecular flexibility index (Phi) is 8.68. The lowest BCUT2D eigenvalue weighted by molar-refractivity contribution is -0.153. The monoisotopic (exact) mass is 383 g/mol. The van der Waals surface area contributed by atoms with Gasteiger partial charge in [0.1, 0.15) is 0 Å². The highest BCUT2D eigenvalue weighted by Crippen LogP contribution is 2.18. The van der Waals surface area contributed by atoms with Gasteiger partial charge in [0.2, 0.25) is 0 Å². The van der Waals surface area contributed by atoms with Gasteiger partial charge in [0.25, 0.3) is 0 Å². The third-order valence-corrected chi connectivity index (χ3v) is 4.71. The summed E-state index contributed by atoms with van der Waals surface area (Å²) in [6.45, 7) is 7.56. The fourth-order valence-electron chi connectivity index (χ4n) is 3.04. The zero-order valence-electron chi connectivity index (χ0n) is 17.3. The molecule has 0 aromatic heterocycles. The average Bonchev–Trinajstić information content (AvgIpc) is 2.68. The number of ether oxygens (including phenoxy) is 1. The van der Waals surface area contributed by atoms with Gasteiger partial charge in [0.05, 0.1) is 18.6 Å². The summed E-state index contributed by atoms with van der Waals surface area (Å²) in [5.74, 6) is -0.182. The summed E-state index contributed by atoms with van der Waals surface area (Å²) < 4.78 is 5.38. The van der Waals surface area contributed by atoms with Gasteiger partial charge in [-0.15, -0.1) is 0 Å². The normalized spacial score (nSPS) is 12.8. The number of carbonyl (C=O) groups is 1. The fraction of sp³-hybridized carbons (Fsp3) is 0.458. The van der Waals surface area contributed by atoms with Gasteiger partial charge in [-0.2, -0.15) is 0 Å². The molecule has 0 bridgehead atoms. The fourth-order valence-corrected chi connectivity index (χ4v) is 3.04. The Bertz CT molecular complexity index is 653. The molecule has 0 unspecified atom stereocenters. The molecule has 4 heteroatoms. The van der Waals surface area contributed by atoms with Gasteiger partial charge in [0.15, 0.2) is 0 Å². The van der Waals surface area contributed by atoms with Gasteiger partial charge >= 0.3 is 5.97 Å². The summed E-state index contributed by atoms with van der Waals surface area (Å²) in [6, 6.07) is 20.6. The Morgan fingerprint density at radius 1 is 0.964 bits per heavy atom. The zero-order valence-corrected chi connectivity index (χ0v) is 17.3. The lowest BCUT2D eigenvalue weighted by atomic mass is 9.97. The molecule has 0 fully saturated rings. The van der Waals surface area contributed by atoms with Crippen molar-refractivity contribution in [2.24, 2.45) is 5.41 Å². The number of aliphatic hydroxyl groups is 1. The minimum Gasteiger partial charge on any atom is -0.465 e. The molecule has 2 rings (SSSR count). The molecule has 0 radical (unpaired) electrons. The summed E-state index contributed by atoms with van der Waals surface area (Å²) >= 11 is 0. The molecule has 0 aliphatic heterocycles. The van der Waals surface area contributed by atoms with Crippen LogP contribution in [0.4, 0.5) is 0 Å². The molecular formula is C24H33NO3. The summed E-state index contributed by atoms with van der Waals surface area (Å²) in [7, 11) is 0. The summed E-state index contributed by atoms with van der Waals surface area (Å²) in [5.41, 5.74) is 1.95. The molecule has 0 saturated carbocycles. The number of nitrogens with zero attached hydrogens (tertiary/aromatic N) is 1. The topological polar surface area (TPSA) is 49.8 Å². The van der Waals surface area contributed by atoms with Crippen molar-refractivity contribution in [2.45, 2.75) is 52.7 Å². The predicted octanol–water partition coefficient (Wildman–Crippen LogP) is 4.42. The molecule has 0 aliphatic rings. The maximum Gasteiger partial charge on any atom is 0.311 e. The molecule has 2 aromatic rings. The van der Waals surface area contributed by atoms with Crippen molar-refractivity contribution in [3.63, 3.8) is 0 Å². The third-order valence-electron chi connectivity index (χ3n) is 4.71. The zero-order chi connectivity index (χ0) is 20.4. The van der Waals surface area contributed by atoms with E-state index in [-0.39, 0.29) is 18.6 Å². The van der Waals surface area contributed by atoms with Gasteiger partial charge in [-0.25, -0.2) is 0 Å². The van der Waals surface area contributed by atoms with Crippen LogP contribution in [0.5, 0.6) is 0 Å². The van der Waals surface area contributed by atoms with Crippen molar-refractivity contribution in [3.8, 4) is 0 Å². The van der Waals surface area contributed by atoms with Crippen molar-refractivity contribution in [2.75, 3.05) is 13.2 Å². The van der Waals surface area contributed by atoms with Crippen LogP contribution in [-0.4, -0.2) is 35.2 Å². The van der Waals surface area contributed by atoms with Crippen molar-refractivity contribution >= 4 is 5.97 Å². The van der Waals surface area contributed by atoms with E-state index < -0.39 is 5.41 Å². The van der Waals surface area contributed by atoms with E-state index in [1.807, 2.05) is 57.2 Å². The number of aliphatic hydroxyl groups excluding tert-OH is 1. The third kappa shape index (κ3) is 7.45. The maximum absolute atomic E-state index is 11.9. The average molecular weight is 384 g/mol. The van der Waals surface area contributed by atoms with E-state index in [1.165, 1.54) is 11.1 Å². The van der Waals surface area contributed by atoms with Crippen LogP contribution in [0.3, 0.4) is 0 Å². The van der Waals surface area contributed by atoms with Crippen LogP contribution in [0, 0.1) is 5.41 Å². The summed E-state index contributed by atoms with van der Waals surface area (Å²) in [6.07, 6.45) is 1.50. The molecule has 0 spiro atoms. The number of esters is 1. The molecule has 0 aliphatic carbocycles. The maximum atomic E-state index is 11.9. The van der Waals surface area contributed by atoms with Crippen LogP contribution in [0.2, 0.25) is 0 Å². The molecule has 0 heterocycles. The van der Waals surface area contributed by atoms with Crippen LogP contribution in [-0.2, 0) is 22.6 Å². The van der Waals surface area contributed by atoms with Gasteiger partial charge in [-0.05, 0) is 44.7 Å². The summed E-state index contributed by atoms with van der Waals surface area (Å²) in [5, 5.41) is 10.0. The second-order valence-electron chi connectivity index (χ2n) is 8.24. The van der Waals surface area contributed by atoms with Gasteiger partial charge in [-0.3, -0.25) is 9.69 Å². The first kappa shape index (κ1) is 22.1. The Morgan fingerprint density at radius 3 is 1.89 bits per heavy atom. The SMILES string of the molecule is CC(C)(C)C(=O)OCCC[C@H](CO)N(Cc1ccccc1)Cc1ccccc1. The van der Waals surface area contributed by atoms with E-state index in [1.54, 1.807) is 0 Å². The first-order chi connectivity index (χ1) is 13.4. The quantitative estimate of drug-likeness (QED) is 0.487. The van der Waals surface area contributed by atoms with E-state index in [9.17, 15) is 9.90 Å². The number of carbonyl (C=O) groups excluding carboxylic acids is 1. The van der Waals surface area contributed by atoms with E-state index in [0.717, 1.165) is 25.9 Å². The van der Waals surface area contributed by atoms with Crippen LogP contribution >= 0.6 is 0 Å². The minimum absolute atomic E-state index is 0.00810. The van der Waals surface area contributed by atoms with E-state index in [4.69, 9.17) is 4.74 Å². The van der Waals surface area contributed by atoms with Gasteiger partial charge in [-0.1, -0.05) is 60.7 Å². The lowest BCUT2D eigenvalue weighted by Gasteiger charge is -2.31. The second kappa shape index (κ2) is 11.0. The molecule has 1 atom stereocenters. The predicted molar refractivity (Wildman–Crippen MR) is 113 cm³/mol. The smallest absolute Gasteiger partial charge is 0.311 e. The Balaban J connectivity index is 1.98. The van der Waals surface area contributed by atoms with E-state index in [2.05, 4.69) is 29.2 Å². The first-order valence-corrected chi connectivity index (χ1v) is 10.00. The highest BCUT2D eigenvalue weighted by Gasteiger charge is 2.23. The largest absolute Gasteiger partial charge is 0.465 e. The standard InChI is InChI=1S/C24H33NO3/c1-24(2,3)23(27)28-16-10-15-22(19-26)25(17-20-11-6-4-7-12-20)18-21-13-8-5-9-14-21/h4-9,11-14,22,26H,10,15-19H2,1-3H3/t22-/m1/s1. The molecule has 152 valence electrons. The van der Waals surface area contributed by atoms with Gasteiger partial charge in [0, 0.05) is 19.1 Å². The highest BCUT2D eigenvalue weighted by atomic mass is 16.5. The molecule has 4 nitrogen and oxygen atoms in total. The van der Waals surface area contributed by atoms with Crippen molar-refractivity contribution in [1.82, 2.24) is 4.90 Å². The number of hydrogen-bond donors (Lipinski definition) is 1. The Labute approximate surface area is 169 Å². The highest BCUT2D eigenvalue weighted by molar-refractivity contribution is 5.75. The molecule has 0 amide bonds. The first-order valence-electron chi connectivity index (χ1n) is 10.00. The lowest BCUT2D eigenvalue weighted by Crippen LogP contribution is -2.37. The second-order valence-corrected chi connectivity index (χ2v) is 8.24. The summed E-state index contributed by atoms with van der Waals surface area (Å²) in [4.78, 5) is 14.2. The van der Waals surface area contributed by atoms with Crippen LogP contribution in [0.15, 0.2) is 60.7 Å². The van der Waals surface area contributed by atoms with E-state index >= 15 is 0 Å². The van der Waals surface area contributed by atoms with Crippen LogP contribution < -0.4 is 0 Å².